The van der Waals surface area contributed by atoms with Crippen LogP contribution in [0.3, 0.4) is 0 Å². The second-order valence-corrected chi connectivity index (χ2v) is 6.04. The van der Waals surface area contributed by atoms with Crippen molar-refractivity contribution in [1.29, 1.82) is 5.26 Å². The molecule has 0 atom stereocenters. The van der Waals surface area contributed by atoms with Crippen LogP contribution in [0.2, 0.25) is 0 Å². The molecule has 1 saturated heterocycles. The molecular formula is C19H25NO5. The first-order valence-electron chi connectivity index (χ1n) is 8.73. The Labute approximate surface area is 148 Å². The van der Waals surface area contributed by atoms with Gasteiger partial charge in [0.2, 0.25) is 5.41 Å². The van der Waals surface area contributed by atoms with Gasteiger partial charge in [-0.25, -0.2) is 4.79 Å². The zero-order valence-electron chi connectivity index (χ0n) is 14.8. The third-order valence-electron chi connectivity index (χ3n) is 4.02. The number of ether oxygens (including phenoxy) is 4. The average molecular weight is 347 g/mol. The summed E-state index contributed by atoms with van der Waals surface area (Å²) >= 11 is 0. The minimum Gasteiger partial charge on any atom is -0.494 e. The Balaban J connectivity index is 1.91. The van der Waals surface area contributed by atoms with Crippen LogP contribution in [0, 0.1) is 16.7 Å². The molecule has 6 nitrogen and oxygen atoms in total. The van der Waals surface area contributed by atoms with Crippen molar-refractivity contribution in [3.63, 3.8) is 0 Å². The molecule has 0 radical (unpaired) electrons. The van der Waals surface area contributed by atoms with Crippen LogP contribution in [-0.2, 0) is 14.3 Å². The predicted molar refractivity (Wildman–Crippen MR) is 91.1 cm³/mol. The van der Waals surface area contributed by atoms with Crippen LogP contribution in [-0.4, -0.2) is 32.1 Å². The number of esters is 1. The van der Waals surface area contributed by atoms with Crippen molar-refractivity contribution in [2.45, 2.75) is 45.8 Å². The fourth-order valence-corrected chi connectivity index (χ4v) is 2.49. The van der Waals surface area contributed by atoms with E-state index >= 15 is 0 Å². The molecule has 2 rings (SSSR count). The van der Waals surface area contributed by atoms with E-state index in [-0.39, 0.29) is 19.5 Å². The quantitative estimate of drug-likeness (QED) is 0.407. The van der Waals surface area contributed by atoms with Crippen molar-refractivity contribution < 1.29 is 23.7 Å². The largest absolute Gasteiger partial charge is 0.494 e. The summed E-state index contributed by atoms with van der Waals surface area (Å²) in [6.07, 6.45) is 3.63. The van der Waals surface area contributed by atoms with Crippen LogP contribution in [0.4, 0.5) is 0 Å². The number of nitriles is 1. The monoisotopic (exact) mass is 347 g/mol. The average Bonchev–Trinajstić information content (AvgIpc) is 2.64. The Morgan fingerprint density at radius 2 is 1.84 bits per heavy atom. The van der Waals surface area contributed by atoms with E-state index in [0.717, 1.165) is 25.7 Å². The molecule has 0 bridgehead atoms. The molecule has 0 N–H and O–H groups in total. The molecule has 0 amide bonds. The smallest absolute Gasteiger partial charge is 0.336 e. The summed E-state index contributed by atoms with van der Waals surface area (Å²) in [5.41, 5.74) is -1.43. The van der Waals surface area contributed by atoms with Crippen molar-refractivity contribution in [3.8, 4) is 17.6 Å². The third-order valence-corrected chi connectivity index (χ3v) is 4.02. The maximum Gasteiger partial charge on any atom is 0.336 e. The van der Waals surface area contributed by atoms with Gasteiger partial charge in [-0.15, -0.1) is 0 Å². The number of hydrogen-bond acceptors (Lipinski definition) is 6. The number of benzene rings is 1. The van der Waals surface area contributed by atoms with Gasteiger partial charge in [0.1, 0.15) is 11.5 Å². The van der Waals surface area contributed by atoms with Crippen LogP contribution in [0.15, 0.2) is 24.3 Å². The molecule has 136 valence electrons. The predicted octanol–water partition coefficient (Wildman–Crippen LogP) is 3.45. The SMILES string of the molecule is CCCCCC1OCC(C#N)(C(=O)Oc2ccc(OCC)cc2)CO1. The van der Waals surface area contributed by atoms with Crippen molar-refractivity contribution in [3.05, 3.63) is 24.3 Å². The molecule has 1 aliphatic rings. The summed E-state index contributed by atoms with van der Waals surface area (Å²) in [5, 5.41) is 9.47. The fraction of sp³-hybridized carbons (Fsp3) is 0.579. The number of carbonyl (C=O) groups is 1. The zero-order chi connectivity index (χ0) is 18.1. The van der Waals surface area contributed by atoms with Crippen LogP contribution in [0.5, 0.6) is 11.5 Å². The lowest BCUT2D eigenvalue weighted by atomic mass is 9.91. The molecular weight excluding hydrogens is 322 g/mol. The molecule has 1 aromatic rings. The molecule has 25 heavy (non-hydrogen) atoms. The molecule has 1 aromatic carbocycles. The van der Waals surface area contributed by atoms with E-state index in [0.29, 0.717) is 18.1 Å². The summed E-state index contributed by atoms with van der Waals surface area (Å²) in [6.45, 7) is 4.54. The van der Waals surface area contributed by atoms with Crippen LogP contribution >= 0.6 is 0 Å². The molecule has 1 fully saturated rings. The highest BCUT2D eigenvalue weighted by Crippen LogP contribution is 2.29. The van der Waals surface area contributed by atoms with Gasteiger partial charge in [-0.3, -0.25) is 0 Å². The lowest BCUT2D eigenvalue weighted by Crippen LogP contribution is -2.48. The summed E-state index contributed by atoms with van der Waals surface area (Å²) < 4.78 is 21.8. The first-order valence-corrected chi connectivity index (χ1v) is 8.73. The molecule has 0 spiro atoms. The van der Waals surface area contributed by atoms with Crippen LogP contribution < -0.4 is 9.47 Å². The lowest BCUT2D eigenvalue weighted by Gasteiger charge is -2.33. The van der Waals surface area contributed by atoms with E-state index in [4.69, 9.17) is 18.9 Å². The van der Waals surface area contributed by atoms with Crippen molar-refractivity contribution in [2.75, 3.05) is 19.8 Å². The van der Waals surface area contributed by atoms with Crippen LogP contribution in [0.25, 0.3) is 0 Å². The van der Waals surface area contributed by atoms with Gasteiger partial charge < -0.3 is 18.9 Å². The first kappa shape index (κ1) is 19.2. The van der Waals surface area contributed by atoms with Crippen molar-refractivity contribution in [2.24, 2.45) is 5.41 Å². The van der Waals surface area contributed by atoms with E-state index in [2.05, 4.69) is 6.92 Å². The second kappa shape index (κ2) is 9.40. The molecule has 1 aliphatic heterocycles. The summed E-state index contributed by atoms with van der Waals surface area (Å²) in [7, 11) is 0. The van der Waals surface area contributed by atoms with Gasteiger partial charge in [0.05, 0.1) is 25.9 Å². The highest BCUT2D eigenvalue weighted by Gasteiger charge is 2.46. The Bertz CT molecular complexity index is 585. The highest BCUT2D eigenvalue weighted by atomic mass is 16.7. The topological polar surface area (TPSA) is 77.8 Å². The normalized spacial score (nSPS) is 22.8. The molecule has 0 unspecified atom stereocenters. The van der Waals surface area contributed by atoms with E-state index in [1.165, 1.54) is 0 Å². The Morgan fingerprint density at radius 1 is 1.20 bits per heavy atom. The number of unbranched alkanes of at least 4 members (excludes halogenated alkanes) is 2. The third kappa shape index (κ3) is 5.18. The summed E-state index contributed by atoms with van der Waals surface area (Å²) in [5.74, 6) is 0.385. The fourth-order valence-electron chi connectivity index (χ4n) is 2.49. The number of hydrogen-bond donors (Lipinski definition) is 0. The van der Waals surface area contributed by atoms with Gasteiger partial charge in [0.25, 0.3) is 0 Å². The van der Waals surface area contributed by atoms with E-state index < -0.39 is 11.4 Å². The number of nitrogens with zero attached hydrogens (tertiary/aromatic N) is 1. The number of carbonyl (C=O) groups excluding carboxylic acids is 1. The Kier molecular flexibility index (Phi) is 7.23. The summed E-state index contributed by atoms with van der Waals surface area (Å²) in [4.78, 5) is 12.5. The first-order chi connectivity index (χ1) is 12.1. The van der Waals surface area contributed by atoms with E-state index in [1.807, 2.05) is 13.0 Å². The minimum atomic E-state index is -1.43. The highest BCUT2D eigenvalue weighted by molar-refractivity contribution is 5.82. The van der Waals surface area contributed by atoms with Crippen molar-refractivity contribution in [1.82, 2.24) is 0 Å². The Morgan fingerprint density at radius 3 is 2.40 bits per heavy atom. The molecule has 6 heteroatoms. The van der Waals surface area contributed by atoms with E-state index in [1.54, 1.807) is 24.3 Å². The second-order valence-electron chi connectivity index (χ2n) is 6.04. The minimum absolute atomic E-state index is 0.0177. The molecule has 1 heterocycles. The standard InChI is InChI=1S/C19H25NO5/c1-3-5-6-7-17-23-13-19(12-20,14-24-17)18(21)25-16-10-8-15(9-11-16)22-4-2/h8-11,17H,3-7,13-14H2,1-2H3. The van der Waals surface area contributed by atoms with Crippen LogP contribution in [0.1, 0.15) is 39.5 Å². The zero-order valence-corrected chi connectivity index (χ0v) is 14.8. The van der Waals surface area contributed by atoms with E-state index in [9.17, 15) is 10.1 Å². The number of rotatable bonds is 8. The molecule has 0 saturated carbocycles. The molecule has 0 aromatic heterocycles. The van der Waals surface area contributed by atoms with Gasteiger partial charge in [0.15, 0.2) is 6.29 Å². The van der Waals surface area contributed by atoms with Gasteiger partial charge in [-0.1, -0.05) is 19.8 Å². The van der Waals surface area contributed by atoms with Crippen molar-refractivity contribution >= 4 is 5.97 Å². The lowest BCUT2D eigenvalue weighted by molar-refractivity contribution is -0.223. The summed E-state index contributed by atoms with van der Waals surface area (Å²) in [6, 6.07) is 8.69. The Hall–Kier alpha value is -2.10. The molecule has 0 aliphatic carbocycles. The van der Waals surface area contributed by atoms with Gasteiger partial charge in [-0.2, -0.15) is 5.26 Å². The van der Waals surface area contributed by atoms with Gasteiger partial charge in [0, 0.05) is 0 Å². The van der Waals surface area contributed by atoms with Gasteiger partial charge >= 0.3 is 5.97 Å². The van der Waals surface area contributed by atoms with Gasteiger partial charge in [-0.05, 0) is 44.0 Å². The maximum atomic E-state index is 12.5. The maximum absolute atomic E-state index is 12.5.